The highest BCUT2D eigenvalue weighted by molar-refractivity contribution is 5.96. The number of hydrogen-bond donors (Lipinski definition) is 1. The smallest absolute Gasteiger partial charge is 0.320 e. The molecule has 4 saturated carbocycles. The Kier molecular flexibility index (Phi) is 5.29. The molecule has 9 nitrogen and oxygen atoms in total. The number of hydrogen-bond acceptors (Lipinski definition) is 6. The summed E-state index contributed by atoms with van der Waals surface area (Å²) in [5, 5.41) is 19.3. The van der Waals surface area contributed by atoms with Crippen molar-refractivity contribution in [3.63, 3.8) is 0 Å². The van der Waals surface area contributed by atoms with E-state index >= 15 is 0 Å². The predicted octanol–water partition coefficient (Wildman–Crippen LogP) is 4.22. The van der Waals surface area contributed by atoms with Crippen LogP contribution in [0.4, 0.5) is 5.69 Å². The van der Waals surface area contributed by atoms with Crippen molar-refractivity contribution in [2.24, 2.45) is 17.8 Å². The van der Waals surface area contributed by atoms with Crippen LogP contribution >= 0.6 is 0 Å². The number of methoxy groups -OCH3 is 2. The predicted molar refractivity (Wildman–Crippen MR) is 120 cm³/mol. The van der Waals surface area contributed by atoms with E-state index in [9.17, 15) is 14.9 Å². The van der Waals surface area contributed by atoms with Crippen LogP contribution in [0, 0.1) is 27.9 Å². The summed E-state index contributed by atoms with van der Waals surface area (Å²) in [4.78, 5) is 24.5. The van der Waals surface area contributed by atoms with Gasteiger partial charge in [0.15, 0.2) is 0 Å². The van der Waals surface area contributed by atoms with E-state index in [0.717, 1.165) is 19.3 Å². The Labute approximate surface area is 192 Å². The number of carbonyl (C=O) groups is 1. The SMILES string of the molecule is COc1ccc(OC)c(C(C)NC(=O)c2nn(C34CC5CC(CC(C5)C3)C4)cc2[N+](=O)[O-])c1. The standard InChI is InChI=1S/C24H30N4O5/c1-14(19-9-18(32-2)4-5-21(19)33-3)25-23(29)22-20(28(30)31)13-27(26-22)24-10-15-6-16(11-24)8-17(7-15)12-24/h4-5,9,13-17H,6-8,10-12H2,1-3H3,(H,25,29). The molecule has 1 aromatic heterocycles. The Morgan fingerprint density at radius 1 is 1.18 bits per heavy atom. The first-order valence-corrected chi connectivity index (χ1v) is 11.6. The highest BCUT2D eigenvalue weighted by Gasteiger charge is 2.53. The van der Waals surface area contributed by atoms with E-state index in [1.165, 1.54) is 25.5 Å². The van der Waals surface area contributed by atoms with Crippen molar-refractivity contribution in [1.29, 1.82) is 0 Å². The van der Waals surface area contributed by atoms with E-state index in [0.29, 0.717) is 34.8 Å². The van der Waals surface area contributed by atoms with E-state index in [-0.39, 0.29) is 16.9 Å². The molecule has 4 aliphatic rings. The van der Waals surface area contributed by atoms with E-state index in [1.807, 2.05) is 0 Å². The average molecular weight is 455 g/mol. The van der Waals surface area contributed by atoms with Crippen molar-refractivity contribution in [2.45, 2.75) is 57.0 Å². The number of ether oxygens (including phenoxy) is 2. The Balaban J connectivity index is 1.43. The van der Waals surface area contributed by atoms with Gasteiger partial charge in [-0.15, -0.1) is 0 Å². The molecular formula is C24H30N4O5. The minimum absolute atomic E-state index is 0.135. The molecule has 4 aliphatic carbocycles. The molecule has 1 heterocycles. The van der Waals surface area contributed by atoms with Crippen LogP contribution in [0.25, 0.3) is 0 Å². The topological polar surface area (TPSA) is 109 Å². The summed E-state index contributed by atoms with van der Waals surface area (Å²) in [5.41, 5.74) is 0.144. The van der Waals surface area contributed by atoms with Crippen LogP contribution < -0.4 is 14.8 Å². The number of aromatic nitrogens is 2. The summed E-state index contributed by atoms with van der Waals surface area (Å²) >= 11 is 0. The lowest BCUT2D eigenvalue weighted by Crippen LogP contribution is -2.52. The fourth-order valence-electron chi connectivity index (χ4n) is 6.77. The molecular weight excluding hydrogens is 424 g/mol. The second kappa shape index (κ2) is 8.04. The monoisotopic (exact) mass is 454 g/mol. The van der Waals surface area contributed by atoms with Crippen molar-refractivity contribution in [1.82, 2.24) is 15.1 Å². The lowest BCUT2D eigenvalue weighted by Gasteiger charge is -2.56. The van der Waals surface area contributed by atoms with Crippen LogP contribution in [0.3, 0.4) is 0 Å². The zero-order valence-electron chi connectivity index (χ0n) is 19.2. The van der Waals surface area contributed by atoms with Gasteiger partial charge in [0.25, 0.3) is 5.91 Å². The molecule has 4 fully saturated rings. The van der Waals surface area contributed by atoms with Crippen LogP contribution in [0.2, 0.25) is 0 Å². The van der Waals surface area contributed by atoms with Crippen LogP contribution in [-0.2, 0) is 5.54 Å². The molecule has 33 heavy (non-hydrogen) atoms. The Morgan fingerprint density at radius 3 is 2.36 bits per heavy atom. The van der Waals surface area contributed by atoms with E-state index in [1.54, 1.807) is 44.0 Å². The maximum atomic E-state index is 13.2. The molecule has 6 rings (SSSR count). The number of benzene rings is 1. The number of rotatable bonds is 7. The number of amides is 1. The lowest BCUT2D eigenvalue weighted by molar-refractivity contribution is -0.385. The van der Waals surface area contributed by atoms with E-state index in [2.05, 4.69) is 10.4 Å². The molecule has 1 atom stereocenters. The fraction of sp³-hybridized carbons (Fsp3) is 0.583. The molecule has 0 saturated heterocycles. The molecule has 176 valence electrons. The largest absolute Gasteiger partial charge is 0.497 e. The third-order valence-electron chi connectivity index (χ3n) is 7.85. The zero-order chi connectivity index (χ0) is 23.3. The molecule has 1 aromatic carbocycles. The highest BCUT2D eigenvalue weighted by Crippen LogP contribution is 2.58. The molecule has 9 heteroatoms. The maximum Gasteiger partial charge on any atom is 0.320 e. The first kappa shape index (κ1) is 21.7. The summed E-state index contributed by atoms with van der Waals surface area (Å²) in [6.07, 6.45) is 8.25. The van der Waals surface area contributed by atoms with Gasteiger partial charge >= 0.3 is 5.69 Å². The molecule has 0 aliphatic heterocycles. The van der Waals surface area contributed by atoms with Crippen LogP contribution in [0.1, 0.15) is 67.5 Å². The molecule has 0 radical (unpaired) electrons. The van der Waals surface area contributed by atoms with Crippen molar-refractivity contribution >= 4 is 11.6 Å². The summed E-state index contributed by atoms with van der Waals surface area (Å²) in [7, 11) is 3.12. The molecule has 1 unspecified atom stereocenters. The van der Waals surface area contributed by atoms with Gasteiger partial charge < -0.3 is 14.8 Å². The van der Waals surface area contributed by atoms with Gasteiger partial charge in [-0.25, -0.2) is 0 Å². The van der Waals surface area contributed by atoms with Gasteiger partial charge in [-0.3, -0.25) is 19.6 Å². The molecule has 1 N–H and O–H groups in total. The minimum Gasteiger partial charge on any atom is -0.497 e. The van der Waals surface area contributed by atoms with Crippen molar-refractivity contribution in [3.05, 3.63) is 45.8 Å². The van der Waals surface area contributed by atoms with E-state index < -0.39 is 16.9 Å². The third kappa shape index (κ3) is 3.73. The summed E-state index contributed by atoms with van der Waals surface area (Å²) < 4.78 is 12.5. The fourth-order valence-corrected chi connectivity index (χ4v) is 6.77. The zero-order valence-corrected chi connectivity index (χ0v) is 19.2. The first-order chi connectivity index (χ1) is 15.8. The summed E-state index contributed by atoms with van der Waals surface area (Å²) in [5.74, 6) is 2.65. The van der Waals surface area contributed by atoms with E-state index in [4.69, 9.17) is 9.47 Å². The van der Waals surface area contributed by atoms with Crippen LogP contribution in [-0.4, -0.2) is 34.8 Å². The summed E-state index contributed by atoms with van der Waals surface area (Å²) in [6, 6.07) is 4.86. The maximum absolute atomic E-state index is 13.2. The van der Waals surface area contributed by atoms with Gasteiger partial charge in [0.1, 0.15) is 17.7 Å². The number of nitrogens with zero attached hydrogens (tertiary/aromatic N) is 3. The molecule has 4 bridgehead atoms. The Hall–Kier alpha value is -3.10. The number of nitro groups is 1. The second-order valence-electron chi connectivity index (χ2n) is 10.0. The number of carbonyl (C=O) groups excluding carboxylic acids is 1. The molecule has 1 amide bonds. The molecule has 2 aromatic rings. The van der Waals surface area contributed by atoms with Gasteiger partial charge in [0.05, 0.1) is 30.7 Å². The van der Waals surface area contributed by atoms with Gasteiger partial charge in [-0.2, -0.15) is 5.10 Å². The normalized spacial score (nSPS) is 28.4. The molecule has 0 spiro atoms. The van der Waals surface area contributed by atoms with Gasteiger partial charge in [-0.05, 0) is 81.4 Å². The van der Waals surface area contributed by atoms with Crippen LogP contribution in [0.15, 0.2) is 24.4 Å². The average Bonchev–Trinajstić information content (AvgIpc) is 3.25. The highest BCUT2D eigenvalue weighted by atomic mass is 16.6. The first-order valence-electron chi connectivity index (χ1n) is 11.6. The van der Waals surface area contributed by atoms with Gasteiger partial charge in [0.2, 0.25) is 5.69 Å². The van der Waals surface area contributed by atoms with Crippen molar-refractivity contribution < 1.29 is 19.2 Å². The Bertz CT molecular complexity index is 1060. The van der Waals surface area contributed by atoms with Gasteiger partial charge in [0, 0.05) is 5.56 Å². The third-order valence-corrected chi connectivity index (χ3v) is 7.85. The Morgan fingerprint density at radius 2 is 1.82 bits per heavy atom. The summed E-state index contributed by atoms with van der Waals surface area (Å²) in [6.45, 7) is 1.80. The quantitative estimate of drug-likeness (QED) is 0.496. The van der Waals surface area contributed by atoms with Crippen LogP contribution in [0.5, 0.6) is 11.5 Å². The minimum atomic E-state index is -0.567. The lowest BCUT2D eigenvalue weighted by atomic mass is 9.53. The second-order valence-corrected chi connectivity index (χ2v) is 10.0. The number of nitrogens with one attached hydrogen (secondary N) is 1. The van der Waals surface area contributed by atoms with Gasteiger partial charge in [-0.1, -0.05) is 0 Å². The van der Waals surface area contributed by atoms with Crippen molar-refractivity contribution in [3.8, 4) is 11.5 Å². The van der Waals surface area contributed by atoms with Crippen molar-refractivity contribution in [2.75, 3.05) is 14.2 Å².